The van der Waals surface area contributed by atoms with E-state index in [4.69, 9.17) is 4.74 Å². The summed E-state index contributed by atoms with van der Waals surface area (Å²) >= 11 is 0. The average molecular weight is 454 g/mol. The molecule has 1 heterocycles. The van der Waals surface area contributed by atoms with E-state index in [0.29, 0.717) is 22.9 Å². The summed E-state index contributed by atoms with van der Waals surface area (Å²) in [6, 6.07) is 24.9. The smallest absolute Gasteiger partial charge is 0.359 e. The summed E-state index contributed by atoms with van der Waals surface area (Å²) in [6.45, 7) is 1.18. The van der Waals surface area contributed by atoms with E-state index in [1.54, 1.807) is 43.3 Å². The number of benzene rings is 3. The number of hydrogen-bond acceptors (Lipinski definition) is 5. The second-order valence-corrected chi connectivity index (χ2v) is 7.42. The van der Waals surface area contributed by atoms with Gasteiger partial charge in [0, 0.05) is 16.9 Å². The van der Waals surface area contributed by atoms with Crippen molar-refractivity contribution < 1.29 is 19.1 Å². The predicted octanol–water partition coefficient (Wildman–Crippen LogP) is 4.43. The third-order valence-electron chi connectivity index (χ3n) is 4.94. The third-order valence-corrected chi connectivity index (χ3v) is 4.94. The van der Waals surface area contributed by atoms with Crippen LogP contribution in [0.25, 0.3) is 11.4 Å². The third kappa shape index (κ3) is 5.36. The monoisotopic (exact) mass is 454 g/mol. The first kappa shape index (κ1) is 22.5. The molecule has 0 aliphatic carbocycles. The van der Waals surface area contributed by atoms with Crippen molar-refractivity contribution >= 4 is 29.2 Å². The van der Waals surface area contributed by atoms with Gasteiger partial charge in [-0.1, -0.05) is 60.7 Å². The van der Waals surface area contributed by atoms with E-state index in [-0.39, 0.29) is 17.2 Å². The number of nitrogens with zero attached hydrogens (tertiary/aromatic N) is 1. The fourth-order valence-electron chi connectivity index (χ4n) is 3.29. The van der Waals surface area contributed by atoms with Crippen molar-refractivity contribution in [2.75, 3.05) is 17.2 Å². The number of para-hydroxylation sites is 2. The minimum absolute atomic E-state index is 0.106. The normalized spacial score (nSPS) is 10.4. The molecule has 8 heteroatoms. The summed E-state index contributed by atoms with van der Waals surface area (Å²) in [5, 5.41) is 5.40. The lowest BCUT2D eigenvalue weighted by Crippen LogP contribution is -2.23. The van der Waals surface area contributed by atoms with Gasteiger partial charge in [0.1, 0.15) is 5.82 Å². The van der Waals surface area contributed by atoms with Crippen LogP contribution in [0.15, 0.2) is 84.9 Å². The fourth-order valence-corrected chi connectivity index (χ4v) is 3.29. The first-order chi connectivity index (χ1) is 16.5. The SMILES string of the molecule is Cc1[nH]c(-c2ccccc2)nc1C(=O)OCC(=O)Nc1ccccc1C(=O)Nc1ccccc1. The number of anilines is 2. The largest absolute Gasteiger partial charge is 0.451 e. The van der Waals surface area contributed by atoms with E-state index < -0.39 is 18.5 Å². The molecule has 8 nitrogen and oxygen atoms in total. The lowest BCUT2D eigenvalue weighted by atomic mass is 10.1. The zero-order chi connectivity index (χ0) is 23.9. The summed E-state index contributed by atoms with van der Waals surface area (Å²) in [5.41, 5.74) is 2.68. The standard InChI is InChI=1S/C26H22N4O4/c1-17-23(30-24(27-17)18-10-4-2-5-11-18)26(33)34-16-22(31)29-21-15-9-8-14-20(21)25(32)28-19-12-6-3-7-13-19/h2-15H,16H2,1H3,(H,27,30)(H,28,32)(H,29,31). The average Bonchev–Trinajstić information content (AvgIpc) is 3.25. The van der Waals surface area contributed by atoms with E-state index >= 15 is 0 Å². The number of ether oxygens (including phenoxy) is 1. The Hall–Kier alpha value is -4.72. The zero-order valence-electron chi connectivity index (χ0n) is 18.4. The van der Waals surface area contributed by atoms with Crippen molar-refractivity contribution in [1.82, 2.24) is 9.97 Å². The number of hydrogen-bond donors (Lipinski definition) is 3. The van der Waals surface area contributed by atoms with Crippen LogP contribution in [0.3, 0.4) is 0 Å². The first-order valence-corrected chi connectivity index (χ1v) is 10.6. The minimum atomic E-state index is -0.721. The van der Waals surface area contributed by atoms with Gasteiger partial charge >= 0.3 is 5.97 Å². The second kappa shape index (κ2) is 10.3. The van der Waals surface area contributed by atoms with E-state index in [0.717, 1.165) is 5.56 Å². The molecule has 34 heavy (non-hydrogen) atoms. The maximum Gasteiger partial charge on any atom is 0.359 e. The molecule has 0 saturated carbocycles. The van der Waals surface area contributed by atoms with Crippen LogP contribution in [-0.2, 0) is 9.53 Å². The van der Waals surface area contributed by atoms with Crippen molar-refractivity contribution in [2.24, 2.45) is 0 Å². The maximum atomic E-state index is 12.7. The Balaban J connectivity index is 1.38. The Morgan fingerprint density at radius 2 is 1.50 bits per heavy atom. The van der Waals surface area contributed by atoms with Gasteiger partial charge in [0.05, 0.1) is 11.3 Å². The van der Waals surface area contributed by atoms with Gasteiger partial charge in [-0.05, 0) is 31.2 Å². The van der Waals surface area contributed by atoms with Crippen molar-refractivity contribution in [3.05, 3.63) is 102 Å². The highest BCUT2D eigenvalue weighted by Gasteiger charge is 2.19. The molecule has 0 aliphatic heterocycles. The molecule has 0 bridgehead atoms. The van der Waals surface area contributed by atoms with E-state index in [1.165, 1.54) is 0 Å². The molecule has 0 unspecified atom stereocenters. The molecule has 0 radical (unpaired) electrons. The van der Waals surface area contributed by atoms with Crippen molar-refractivity contribution in [2.45, 2.75) is 6.92 Å². The zero-order valence-corrected chi connectivity index (χ0v) is 18.4. The number of imidazole rings is 1. The molecule has 0 atom stereocenters. The number of carbonyl (C=O) groups is 3. The first-order valence-electron chi connectivity index (χ1n) is 10.6. The number of aromatic nitrogens is 2. The number of aromatic amines is 1. The molecule has 2 amide bonds. The number of carbonyl (C=O) groups excluding carboxylic acids is 3. The van der Waals surface area contributed by atoms with Crippen molar-refractivity contribution in [3.63, 3.8) is 0 Å². The Bertz CT molecular complexity index is 1320. The van der Waals surface area contributed by atoms with Crippen LogP contribution in [0, 0.1) is 6.92 Å². The van der Waals surface area contributed by atoms with Crippen LogP contribution >= 0.6 is 0 Å². The van der Waals surface area contributed by atoms with Gasteiger partial charge in [0.25, 0.3) is 11.8 Å². The molecule has 0 aliphatic rings. The highest BCUT2D eigenvalue weighted by molar-refractivity contribution is 6.10. The van der Waals surface area contributed by atoms with E-state index in [2.05, 4.69) is 20.6 Å². The van der Waals surface area contributed by atoms with Crippen LogP contribution in [0.5, 0.6) is 0 Å². The van der Waals surface area contributed by atoms with Crippen molar-refractivity contribution in [1.29, 1.82) is 0 Å². The van der Waals surface area contributed by atoms with Gasteiger partial charge < -0.3 is 20.4 Å². The van der Waals surface area contributed by atoms with E-state index in [1.807, 2.05) is 48.5 Å². The number of rotatable bonds is 7. The number of amides is 2. The van der Waals surface area contributed by atoms with Crippen LogP contribution in [0.4, 0.5) is 11.4 Å². The minimum Gasteiger partial charge on any atom is -0.451 e. The molecule has 1 aromatic heterocycles. The van der Waals surface area contributed by atoms with Gasteiger partial charge in [-0.15, -0.1) is 0 Å². The van der Waals surface area contributed by atoms with Crippen LogP contribution in [-0.4, -0.2) is 34.4 Å². The molecular formula is C26H22N4O4. The summed E-state index contributed by atoms with van der Waals surface area (Å²) in [5.74, 6) is -1.14. The Morgan fingerprint density at radius 3 is 2.24 bits per heavy atom. The molecule has 0 saturated heterocycles. The summed E-state index contributed by atoms with van der Waals surface area (Å²) in [6.07, 6.45) is 0. The quantitative estimate of drug-likeness (QED) is 0.358. The van der Waals surface area contributed by atoms with Gasteiger partial charge in [-0.3, -0.25) is 9.59 Å². The lowest BCUT2D eigenvalue weighted by molar-refractivity contribution is -0.119. The number of esters is 1. The fraction of sp³-hybridized carbons (Fsp3) is 0.0769. The summed E-state index contributed by atoms with van der Waals surface area (Å²) < 4.78 is 5.15. The Kier molecular flexibility index (Phi) is 6.78. The Morgan fingerprint density at radius 1 is 0.853 bits per heavy atom. The molecule has 4 rings (SSSR count). The maximum absolute atomic E-state index is 12.7. The molecule has 3 N–H and O–H groups in total. The number of H-pyrrole nitrogens is 1. The van der Waals surface area contributed by atoms with Gasteiger partial charge in [0.15, 0.2) is 12.3 Å². The van der Waals surface area contributed by atoms with Crippen LogP contribution < -0.4 is 10.6 Å². The van der Waals surface area contributed by atoms with Gasteiger partial charge in [0.2, 0.25) is 0 Å². The molecule has 170 valence electrons. The lowest BCUT2D eigenvalue weighted by Gasteiger charge is -2.11. The van der Waals surface area contributed by atoms with Gasteiger partial charge in [-0.25, -0.2) is 9.78 Å². The molecule has 0 spiro atoms. The molecule has 3 aromatic carbocycles. The number of nitrogens with one attached hydrogen (secondary N) is 3. The Labute approximate surface area is 196 Å². The number of aryl methyl sites for hydroxylation is 1. The summed E-state index contributed by atoms with van der Waals surface area (Å²) in [4.78, 5) is 45.0. The van der Waals surface area contributed by atoms with Gasteiger partial charge in [-0.2, -0.15) is 0 Å². The van der Waals surface area contributed by atoms with Crippen LogP contribution in [0.2, 0.25) is 0 Å². The highest BCUT2D eigenvalue weighted by Crippen LogP contribution is 2.19. The predicted molar refractivity (Wildman–Crippen MR) is 129 cm³/mol. The second-order valence-electron chi connectivity index (χ2n) is 7.42. The topological polar surface area (TPSA) is 113 Å². The molecular weight excluding hydrogens is 432 g/mol. The summed E-state index contributed by atoms with van der Waals surface area (Å²) in [7, 11) is 0. The van der Waals surface area contributed by atoms with Crippen LogP contribution in [0.1, 0.15) is 26.5 Å². The van der Waals surface area contributed by atoms with E-state index in [9.17, 15) is 14.4 Å². The molecule has 0 fully saturated rings. The van der Waals surface area contributed by atoms with Crippen molar-refractivity contribution in [3.8, 4) is 11.4 Å². The highest BCUT2D eigenvalue weighted by atomic mass is 16.5. The molecule has 4 aromatic rings.